The third-order valence-electron chi connectivity index (χ3n) is 5.15. The zero-order valence-corrected chi connectivity index (χ0v) is 18.2. The Bertz CT molecular complexity index is 758. The Morgan fingerprint density at radius 1 is 1.11 bits per heavy atom. The summed E-state index contributed by atoms with van der Waals surface area (Å²) < 4.78 is 2.63. The maximum absolute atomic E-state index is 9.78. The Kier molecular flexibility index (Phi) is 7.72. The van der Waals surface area contributed by atoms with Crippen molar-refractivity contribution in [2.45, 2.75) is 45.6 Å². The number of benzene rings is 2. The molecule has 1 aliphatic heterocycles. The van der Waals surface area contributed by atoms with E-state index in [9.17, 15) is 5.11 Å². The smallest absolute Gasteiger partial charge is 0.0731 e. The second kappa shape index (κ2) is 10.2. The predicted molar refractivity (Wildman–Crippen MR) is 124 cm³/mol. The summed E-state index contributed by atoms with van der Waals surface area (Å²) in [4.78, 5) is 2.28. The number of hydrogen-bond donors (Lipinski definition) is 1. The zero-order valence-electron chi connectivity index (χ0n) is 17.4. The van der Waals surface area contributed by atoms with E-state index < -0.39 is 0 Å². The summed E-state index contributed by atoms with van der Waals surface area (Å²) in [6, 6.07) is 19.8. The number of hydrogen-bond acceptors (Lipinski definition) is 3. The lowest BCUT2D eigenvalue weighted by Crippen LogP contribution is -2.24. The van der Waals surface area contributed by atoms with Gasteiger partial charge >= 0.3 is 0 Å². The van der Waals surface area contributed by atoms with Gasteiger partial charge in [0.05, 0.1) is 6.10 Å². The summed E-state index contributed by atoms with van der Waals surface area (Å²) in [5.41, 5.74) is 3.98. The van der Waals surface area contributed by atoms with Crippen molar-refractivity contribution in [3.63, 3.8) is 0 Å². The van der Waals surface area contributed by atoms with Crippen LogP contribution in [0, 0.1) is 5.92 Å². The maximum atomic E-state index is 9.78. The first-order chi connectivity index (χ1) is 13.5. The minimum absolute atomic E-state index is 0.111. The highest BCUT2D eigenvalue weighted by Crippen LogP contribution is 2.29. The highest BCUT2D eigenvalue weighted by Gasteiger charge is 2.20. The van der Waals surface area contributed by atoms with Crippen molar-refractivity contribution in [3.8, 4) is 0 Å². The molecule has 2 aromatic rings. The van der Waals surface area contributed by atoms with Crippen molar-refractivity contribution < 1.29 is 5.11 Å². The molecule has 2 aromatic carbocycles. The maximum Gasteiger partial charge on any atom is 0.0731 e. The predicted octanol–water partition coefficient (Wildman–Crippen LogP) is 4.92. The highest BCUT2D eigenvalue weighted by molar-refractivity contribution is 8.12. The molecule has 28 heavy (non-hydrogen) atoms. The number of aliphatic hydroxyl groups excluding tert-OH is 1. The molecule has 2 unspecified atom stereocenters. The Morgan fingerprint density at radius 2 is 1.82 bits per heavy atom. The second-order valence-electron chi connectivity index (χ2n) is 8.04. The zero-order chi connectivity index (χ0) is 19.9. The lowest BCUT2D eigenvalue weighted by molar-refractivity contribution is 0.198. The molecule has 0 aliphatic carbocycles. The van der Waals surface area contributed by atoms with E-state index in [4.69, 9.17) is 0 Å². The van der Waals surface area contributed by atoms with Crippen molar-refractivity contribution in [2.75, 3.05) is 24.5 Å². The molecule has 152 valence electrons. The van der Waals surface area contributed by atoms with Crippen LogP contribution in [0.3, 0.4) is 0 Å². The number of nitrogens with zero attached hydrogens (tertiary/aromatic N) is 2. The van der Waals surface area contributed by atoms with Gasteiger partial charge < -0.3 is 10.0 Å². The summed E-state index contributed by atoms with van der Waals surface area (Å²) in [7, 11) is 0.111. The molecule has 2 atom stereocenters. The van der Waals surface area contributed by atoms with Crippen molar-refractivity contribution >= 4 is 21.7 Å². The van der Waals surface area contributed by atoms with Crippen LogP contribution >= 0.6 is 10.7 Å². The molecule has 3 nitrogen and oxygen atoms in total. The van der Waals surface area contributed by atoms with Crippen LogP contribution in [0.4, 0.5) is 5.69 Å². The average molecular weight is 399 g/mol. The summed E-state index contributed by atoms with van der Waals surface area (Å²) >= 11 is 0. The molecule has 0 aromatic heterocycles. The number of aliphatic hydroxyl groups is 1. The van der Waals surface area contributed by atoms with Crippen LogP contribution in [0.2, 0.25) is 0 Å². The fourth-order valence-electron chi connectivity index (χ4n) is 3.71. The number of β-amino-alcohol motifs (C(OH)–C–C–N with tert-alkyl or cyclic N) is 1. The molecule has 3 rings (SSSR count). The van der Waals surface area contributed by atoms with Crippen molar-refractivity contribution in [3.05, 3.63) is 65.7 Å². The quantitative estimate of drug-likeness (QED) is 0.639. The monoisotopic (exact) mass is 398 g/mol. The van der Waals surface area contributed by atoms with Crippen molar-refractivity contribution in [1.29, 1.82) is 0 Å². The lowest BCUT2D eigenvalue weighted by atomic mass is 10.1. The number of rotatable bonds is 8. The van der Waals surface area contributed by atoms with Gasteiger partial charge in [0.1, 0.15) is 0 Å². The van der Waals surface area contributed by atoms with Crippen LogP contribution in [-0.4, -0.2) is 40.5 Å². The van der Waals surface area contributed by atoms with Crippen LogP contribution in [0.5, 0.6) is 0 Å². The first-order valence-electron chi connectivity index (χ1n) is 10.3. The van der Waals surface area contributed by atoms with Crippen LogP contribution in [0.1, 0.15) is 38.3 Å². The van der Waals surface area contributed by atoms with E-state index >= 15 is 0 Å². The molecule has 0 amide bonds. The molecule has 1 N–H and O–H groups in total. The third kappa shape index (κ3) is 5.94. The Hall–Kier alpha value is -1.62. The standard InChI is InChI=1S/C24H34N2OS/c1-4-28(19-22-8-6-5-7-9-22)26(16-20(2)3)17-21-10-12-23(13-11-21)25-15-14-24(27)18-25/h4-13,20,24,27H,14-19H2,1-3H3. The van der Waals surface area contributed by atoms with Gasteiger partial charge in [0.25, 0.3) is 0 Å². The van der Waals surface area contributed by atoms with E-state index in [1.807, 2.05) is 0 Å². The molecule has 0 saturated carbocycles. The van der Waals surface area contributed by atoms with Crippen molar-refractivity contribution in [1.82, 2.24) is 4.31 Å². The van der Waals surface area contributed by atoms with E-state index in [0.29, 0.717) is 5.92 Å². The molecule has 1 heterocycles. The van der Waals surface area contributed by atoms with E-state index in [0.717, 1.165) is 38.4 Å². The molecule has 1 fully saturated rings. The van der Waals surface area contributed by atoms with Gasteiger partial charge in [-0.25, -0.2) is 0 Å². The molecular formula is C24H34N2OS. The van der Waals surface area contributed by atoms with Gasteiger partial charge in [-0.2, -0.15) is 0 Å². The van der Waals surface area contributed by atoms with Crippen LogP contribution in [0.15, 0.2) is 54.6 Å². The Balaban J connectivity index is 1.71. The molecule has 0 spiro atoms. The summed E-state index contributed by atoms with van der Waals surface area (Å²) in [6.07, 6.45) is 0.694. The minimum Gasteiger partial charge on any atom is -0.391 e. The fourth-order valence-corrected chi connectivity index (χ4v) is 5.70. The van der Waals surface area contributed by atoms with Gasteiger partial charge in [-0.3, -0.25) is 4.31 Å². The first kappa shape index (κ1) is 21.1. The molecule has 0 radical (unpaired) electrons. The minimum atomic E-state index is -0.179. The van der Waals surface area contributed by atoms with Crippen LogP contribution in [0.25, 0.3) is 0 Å². The molecule has 1 aliphatic rings. The van der Waals surface area contributed by atoms with Crippen LogP contribution < -0.4 is 4.90 Å². The molecule has 0 bridgehead atoms. The van der Waals surface area contributed by atoms with E-state index in [1.54, 1.807) is 0 Å². The van der Waals surface area contributed by atoms with Gasteiger partial charge in [-0.15, -0.1) is 10.7 Å². The Morgan fingerprint density at radius 3 is 2.39 bits per heavy atom. The summed E-state index contributed by atoms with van der Waals surface area (Å²) in [5.74, 6) is 1.71. The van der Waals surface area contributed by atoms with Gasteiger partial charge in [0.2, 0.25) is 0 Å². The lowest BCUT2D eigenvalue weighted by Gasteiger charge is -2.28. The van der Waals surface area contributed by atoms with E-state index in [-0.39, 0.29) is 16.8 Å². The van der Waals surface area contributed by atoms with Gasteiger partial charge in [-0.05, 0) is 47.9 Å². The summed E-state index contributed by atoms with van der Waals surface area (Å²) in [6.45, 7) is 10.6. The van der Waals surface area contributed by atoms with Crippen molar-refractivity contribution in [2.24, 2.45) is 5.92 Å². The highest BCUT2D eigenvalue weighted by atomic mass is 32.2. The molecule has 4 heteroatoms. The van der Waals surface area contributed by atoms with Gasteiger partial charge in [-0.1, -0.05) is 56.3 Å². The fraction of sp³-hybridized carbons (Fsp3) is 0.458. The first-order valence-corrected chi connectivity index (χ1v) is 11.8. The van der Waals surface area contributed by atoms with Gasteiger partial charge in [0.15, 0.2) is 0 Å². The van der Waals surface area contributed by atoms with Gasteiger partial charge in [0, 0.05) is 37.6 Å². The second-order valence-corrected chi connectivity index (χ2v) is 10.1. The van der Waals surface area contributed by atoms with Crippen LogP contribution in [-0.2, 0) is 12.3 Å². The Labute approximate surface area is 173 Å². The normalized spacial score (nSPS) is 18.4. The summed E-state index contributed by atoms with van der Waals surface area (Å²) in [5, 5.41) is 12.1. The average Bonchev–Trinajstić information content (AvgIpc) is 3.13. The molecular weight excluding hydrogens is 364 g/mol. The van der Waals surface area contributed by atoms with E-state index in [2.05, 4.69) is 89.9 Å². The third-order valence-corrected chi connectivity index (χ3v) is 7.27. The number of anilines is 1. The van der Waals surface area contributed by atoms with E-state index in [1.165, 1.54) is 16.8 Å². The molecule has 1 saturated heterocycles. The largest absolute Gasteiger partial charge is 0.391 e. The topological polar surface area (TPSA) is 26.7 Å². The SMILES string of the molecule is CC=S(Cc1ccccc1)N(Cc1ccc(N2CCC(O)C2)cc1)CC(C)C.